The van der Waals surface area contributed by atoms with Crippen molar-refractivity contribution in [1.82, 2.24) is 10.6 Å². The highest BCUT2D eigenvalue weighted by Crippen LogP contribution is 2.33. The van der Waals surface area contributed by atoms with E-state index in [1.165, 1.54) is 11.6 Å². The summed E-state index contributed by atoms with van der Waals surface area (Å²) >= 11 is 0. The fourth-order valence-corrected chi connectivity index (χ4v) is 3.62. The Kier molecular flexibility index (Phi) is 4.59. The molecule has 4 rings (SSSR count). The minimum absolute atomic E-state index is 0.0730. The normalized spacial score (nSPS) is 16.5. The van der Waals surface area contributed by atoms with Crippen LogP contribution in [0.3, 0.4) is 0 Å². The second-order valence-electron chi connectivity index (χ2n) is 6.78. The predicted octanol–water partition coefficient (Wildman–Crippen LogP) is 3.60. The summed E-state index contributed by atoms with van der Waals surface area (Å²) < 4.78 is 14.1. The first-order valence-electron chi connectivity index (χ1n) is 8.99. The highest BCUT2D eigenvalue weighted by atomic mass is 19.1. The van der Waals surface area contributed by atoms with E-state index in [2.05, 4.69) is 34.2 Å². The maximum atomic E-state index is 14.1. The maximum absolute atomic E-state index is 14.1. The van der Waals surface area contributed by atoms with Crippen molar-refractivity contribution < 1.29 is 4.39 Å². The summed E-state index contributed by atoms with van der Waals surface area (Å²) in [6, 6.07) is 11.3. The van der Waals surface area contributed by atoms with Crippen molar-refractivity contribution >= 4 is 11.8 Å². The molecule has 132 valence electrons. The van der Waals surface area contributed by atoms with Crippen molar-refractivity contribution in [2.75, 3.05) is 18.4 Å². The Morgan fingerprint density at radius 3 is 2.73 bits per heavy atom. The molecule has 2 heterocycles. The Labute approximate surface area is 152 Å². The van der Waals surface area contributed by atoms with Crippen molar-refractivity contribution in [3.63, 3.8) is 0 Å². The van der Waals surface area contributed by atoms with Gasteiger partial charge in [0.25, 0.3) is 0 Å². The van der Waals surface area contributed by atoms with E-state index in [4.69, 9.17) is 5.26 Å². The molecule has 0 bridgehead atoms. The summed E-state index contributed by atoms with van der Waals surface area (Å²) in [7, 11) is 0. The summed E-state index contributed by atoms with van der Waals surface area (Å²) in [4.78, 5) is 0. The highest BCUT2D eigenvalue weighted by molar-refractivity contribution is 5.77. The lowest BCUT2D eigenvalue weighted by Gasteiger charge is -2.28. The number of fused-ring (bicyclic) bond motifs is 1. The molecule has 0 radical (unpaired) electrons. The molecule has 26 heavy (non-hydrogen) atoms. The van der Waals surface area contributed by atoms with Gasteiger partial charge in [0.2, 0.25) is 0 Å². The molecule has 2 aliphatic heterocycles. The SMILES string of the molecule is N#Cc1ccc(-c2cc3c(c(NC4CCNCC4)c2)CNC=C3)cc1F. The van der Waals surface area contributed by atoms with Gasteiger partial charge in [0.05, 0.1) is 5.56 Å². The van der Waals surface area contributed by atoms with Crippen LogP contribution in [0.5, 0.6) is 0 Å². The monoisotopic (exact) mass is 348 g/mol. The lowest BCUT2D eigenvalue weighted by molar-refractivity contribution is 0.479. The van der Waals surface area contributed by atoms with Gasteiger partial charge in [-0.05, 0) is 79.2 Å². The Hall–Kier alpha value is -2.84. The van der Waals surface area contributed by atoms with Crippen LogP contribution in [-0.4, -0.2) is 19.1 Å². The van der Waals surface area contributed by atoms with E-state index < -0.39 is 5.82 Å². The zero-order chi connectivity index (χ0) is 17.9. The van der Waals surface area contributed by atoms with Crippen molar-refractivity contribution in [3.05, 3.63) is 59.0 Å². The second-order valence-corrected chi connectivity index (χ2v) is 6.78. The van der Waals surface area contributed by atoms with E-state index in [9.17, 15) is 4.39 Å². The number of hydrogen-bond donors (Lipinski definition) is 3. The van der Waals surface area contributed by atoms with Crippen LogP contribution in [0, 0.1) is 17.1 Å². The summed E-state index contributed by atoms with van der Waals surface area (Å²) in [5.74, 6) is -0.479. The first-order chi connectivity index (χ1) is 12.7. The van der Waals surface area contributed by atoms with Crippen LogP contribution in [0.2, 0.25) is 0 Å². The van der Waals surface area contributed by atoms with E-state index in [1.807, 2.05) is 18.3 Å². The van der Waals surface area contributed by atoms with Gasteiger partial charge >= 0.3 is 0 Å². The molecule has 0 spiro atoms. The molecular formula is C21H21FN4. The third-order valence-electron chi connectivity index (χ3n) is 5.07. The third-order valence-corrected chi connectivity index (χ3v) is 5.07. The predicted molar refractivity (Wildman–Crippen MR) is 102 cm³/mol. The van der Waals surface area contributed by atoms with Gasteiger partial charge in [0.15, 0.2) is 0 Å². The second kappa shape index (κ2) is 7.19. The summed E-state index contributed by atoms with van der Waals surface area (Å²) in [6.45, 7) is 2.83. The van der Waals surface area contributed by atoms with E-state index in [-0.39, 0.29) is 5.56 Å². The number of benzene rings is 2. The highest BCUT2D eigenvalue weighted by Gasteiger charge is 2.18. The van der Waals surface area contributed by atoms with E-state index in [0.717, 1.165) is 54.9 Å². The number of anilines is 1. The molecule has 1 saturated heterocycles. The molecule has 3 N–H and O–H groups in total. The molecule has 0 saturated carbocycles. The number of nitrogens with one attached hydrogen (secondary N) is 3. The summed E-state index contributed by atoms with van der Waals surface area (Å²) in [5, 5.41) is 19.3. The largest absolute Gasteiger partial charge is 0.387 e. The molecule has 0 amide bonds. The van der Waals surface area contributed by atoms with Crippen LogP contribution in [0.15, 0.2) is 36.5 Å². The number of hydrogen-bond acceptors (Lipinski definition) is 4. The Bertz CT molecular complexity index is 892. The van der Waals surface area contributed by atoms with E-state index >= 15 is 0 Å². The Morgan fingerprint density at radius 1 is 1.12 bits per heavy atom. The van der Waals surface area contributed by atoms with Gasteiger partial charge in [-0.1, -0.05) is 6.07 Å². The molecule has 1 fully saturated rings. The van der Waals surface area contributed by atoms with Gasteiger partial charge in [-0.15, -0.1) is 0 Å². The van der Waals surface area contributed by atoms with Gasteiger partial charge in [-0.25, -0.2) is 4.39 Å². The molecule has 5 heteroatoms. The molecule has 2 aromatic rings. The van der Waals surface area contributed by atoms with Crippen LogP contribution >= 0.6 is 0 Å². The Balaban J connectivity index is 1.74. The van der Waals surface area contributed by atoms with Crippen LogP contribution in [0.4, 0.5) is 10.1 Å². The maximum Gasteiger partial charge on any atom is 0.141 e. The number of nitrogens with zero attached hydrogens (tertiary/aromatic N) is 1. The number of piperidine rings is 1. The van der Waals surface area contributed by atoms with Crippen molar-refractivity contribution in [1.29, 1.82) is 5.26 Å². The van der Waals surface area contributed by atoms with Crippen molar-refractivity contribution in [3.8, 4) is 17.2 Å². The van der Waals surface area contributed by atoms with Crippen LogP contribution in [0.1, 0.15) is 29.5 Å². The standard InChI is InChI=1S/C21H21FN4/c22-20-10-14(1-2-16(20)12-23)17-9-15-3-6-25-13-19(15)21(11-17)26-18-4-7-24-8-5-18/h1-3,6,9-11,18,24-26H,4-5,7-8,13H2. The van der Waals surface area contributed by atoms with Gasteiger partial charge in [0.1, 0.15) is 11.9 Å². The van der Waals surface area contributed by atoms with E-state index in [1.54, 1.807) is 6.07 Å². The average Bonchev–Trinajstić information content (AvgIpc) is 2.68. The van der Waals surface area contributed by atoms with Gasteiger partial charge in [-0.3, -0.25) is 0 Å². The first-order valence-corrected chi connectivity index (χ1v) is 8.99. The Morgan fingerprint density at radius 2 is 1.96 bits per heavy atom. The quantitative estimate of drug-likeness (QED) is 0.793. The molecule has 2 aromatic carbocycles. The lowest BCUT2D eigenvalue weighted by Crippen LogP contribution is -2.35. The zero-order valence-corrected chi connectivity index (χ0v) is 14.5. The molecular weight excluding hydrogens is 327 g/mol. The van der Waals surface area contributed by atoms with E-state index in [0.29, 0.717) is 6.04 Å². The number of rotatable bonds is 3. The van der Waals surface area contributed by atoms with Crippen LogP contribution in [0.25, 0.3) is 17.2 Å². The fourth-order valence-electron chi connectivity index (χ4n) is 3.62. The minimum Gasteiger partial charge on any atom is -0.387 e. The van der Waals surface area contributed by atoms with Crippen LogP contribution in [-0.2, 0) is 6.54 Å². The summed E-state index contributed by atoms with van der Waals surface area (Å²) in [6.07, 6.45) is 6.18. The summed E-state index contributed by atoms with van der Waals surface area (Å²) in [5.41, 5.74) is 5.29. The first kappa shape index (κ1) is 16.6. The van der Waals surface area contributed by atoms with Crippen molar-refractivity contribution in [2.45, 2.75) is 25.4 Å². The smallest absolute Gasteiger partial charge is 0.141 e. The topological polar surface area (TPSA) is 59.9 Å². The van der Waals surface area contributed by atoms with Gasteiger partial charge in [0, 0.05) is 23.8 Å². The number of nitriles is 1. The molecule has 0 aliphatic carbocycles. The average molecular weight is 348 g/mol. The molecule has 2 aliphatic rings. The van der Waals surface area contributed by atoms with Gasteiger partial charge in [-0.2, -0.15) is 5.26 Å². The third kappa shape index (κ3) is 3.29. The lowest BCUT2D eigenvalue weighted by atomic mass is 9.94. The van der Waals surface area contributed by atoms with Gasteiger partial charge < -0.3 is 16.0 Å². The minimum atomic E-state index is -0.479. The van der Waals surface area contributed by atoms with Crippen LogP contribution < -0.4 is 16.0 Å². The fraction of sp³-hybridized carbons (Fsp3) is 0.286. The zero-order valence-electron chi connectivity index (χ0n) is 14.5. The number of halogens is 1. The molecule has 0 atom stereocenters. The molecule has 0 aromatic heterocycles. The van der Waals surface area contributed by atoms with Crippen molar-refractivity contribution in [2.24, 2.45) is 0 Å². The molecule has 0 unspecified atom stereocenters. The molecule has 4 nitrogen and oxygen atoms in total.